The lowest BCUT2D eigenvalue weighted by molar-refractivity contribution is -0.120. The molecule has 19 heavy (non-hydrogen) atoms. The standard InChI is InChI=1S/C13H20N4O2/c1-9(2)7-15-12(18)8-16-13(19)10-3-5-11(17-14)6-4-10/h3-6,9,17H,7-8,14H2,1-2H3,(H,15,18)(H,16,19). The first-order valence-electron chi connectivity index (χ1n) is 6.14. The summed E-state index contributed by atoms with van der Waals surface area (Å²) in [5.74, 6) is 5.13. The van der Waals surface area contributed by atoms with Crippen LogP contribution in [0.2, 0.25) is 0 Å². The zero-order chi connectivity index (χ0) is 14.3. The van der Waals surface area contributed by atoms with E-state index in [1.165, 1.54) is 0 Å². The fourth-order valence-corrected chi connectivity index (χ4v) is 1.36. The molecule has 0 aliphatic carbocycles. The molecule has 6 nitrogen and oxygen atoms in total. The Morgan fingerprint density at radius 1 is 1.16 bits per heavy atom. The van der Waals surface area contributed by atoms with E-state index < -0.39 is 0 Å². The number of nitrogens with two attached hydrogens (primary N) is 1. The maximum Gasteiger partial charge on any atom is 0.251 e. The molecule has 2 amide bonds. The van der Waals surface area contributed by atoms with E-state index in [4.69, 9.17) is 5.84 Å². The Morgan fingerprint density at radius 3 is 2.32 bits per heavy atom. The Labute approximate surface area is 112 Å². The van der Waals surface area contributed by atoms with E-state index in [0.29, 0.717) is 23.7 Å². The first-order valence-corrected chi connectivity index (χ1v) is 6.14. The number of nitrogen functional groups attached to an aromatic ring is 1. The van der Waals surface area contributed by atoms with Crippen LogP contribution in [0.25, 0.3) is 0 Å². The molecule has 1 aromatic carbocycles. The van der Waals surface area contributed by atoms with E-state index in [9.17, 15) is 9.59 Å². The van der Waals surface area contributed by atoms with Crippen LogP contribution < -0.4 is 21.9 Å². The molecule has 6 heteroatoms. The van der Waals surface area contributed by atoms with Crippen LogP contribution in [0, 0.1) is 5.92 Å². The molecule has 0 aliphatic heterocycles. The van der Waals surface area contributed by atoms with Gasteiger partial charge in [-0.2, -0.15) is 0 Å². The molecule has 0 heterocycles. The lowest BCUT2D eigenvalue weighted by atomic mass is 10.2. The highest BCUT2D eigenvalue weighted by atomic mass is 16.2. The highest BCUT2D eigenvalue weighted by molar-refractivity contribution is 5.96. The second kappa shape index (κ2) is 7.38. The predicted octanol–water partition coefficient (Wildman–Crippen LogP) is 0.474. The Kier molecular flexibility index (Phi) is 5.81. The molecule has 0 fully saturated rings. The van der Waals surface area contributed by atoms with Gasteiger partial charge in [0.1, 0.15) is 0 Å². The number of carbonyl (C=O) groups excluding carboxylic acids is 2. The summed E-state index contributed by atoms with van der Waals surface area (Å²) in [6, 6.07) is 6.65. The lowest BCUT2D eigenvalue weighted by Gasteiger charge is -2.09. The molecule has 104 valence electrons. The van der Waals surface area contributed by atoms with Gasteiger partial charge in [0.05, 0.1) is 6.54 Å². The summed E-state index contributed by atoms with van der Waals surface area (Å²) in [6.45, 7) is 4.59. The van der Waals surface area contributed by atoms with Crippen LogP contribution in [-0.2, 0) is 4.79 Å². The average molecular weight is 264 g/mol. The van der Waals surface area contributed by atoms with Gasteiger partial charge in [0.25, 0.3) is 5.91 Å². The number of hydrogen-bond donors (Lipinski definition) is 4. The third-order valence-corrected chi connectivity index (χ3v) is 2.43. The lowest BCUT2D eigenvalue weighted by Crippen LogP contribution is -2.38. The molecule has 0 aliphatic rings. The van der Waals surface area contributed by atoms with E-state index in [0.717, 1.165) is 0 Å². The molecule has 0 radical (unpaired) electrons. The summed E-state index contributed by atoms with van der Waals surface area (Å²) in [7, 11) is 0. The SMILES string of the molecule is CC(C)CNC(=O)CNC(=O)c1ccc(NN)cc1. The number of anilines is 1. The van der Waals surface area contributed by atoms with Crippen molar-refractivity contribution in [3.05, 3.63) is 29.8 Å². The van der Waals surface area contributed by atoms with Crippen molar-refractivity contribution in [1.29, 1.82) is 0 Å². The van der Waals surface area contributed by atoms with Gasteiger partial charge in [-0.05, 0) is 30.2 Å². The van der Waals surface area contributed by atoms with Gasteiger partial charge in [0.2, 0.25) is 5.91 Å². The fraction of sp³-hybridized carbons (Fsp3) is 0.385. The average Bonchev–Trinajstić information content (AvgIpc) is 2.42. The topological polar surface area (TPSA) is 96.2 Å². The van der Waals surface area contributed by atoms with Crippen molar-refractivity contribution in [2.24, 2.45) is 11.8 Å². The van der Waals surface area contributed by atoms with E-state index in [2.05, 4.69) is 16.1 Å². The Hall–Kier alpha value is -2.08. The number of nitrogens with one attached hydrogen (secondary N) is 3. The third kappa shape index (κ3) is 5.39. The van der Waals surface area contributed by atoms with Crippen LogP contribution in [0.5, 0.6) is 0 Å². The van der Waals surface area contributed by atoms with Crippen LogP contribution in [0.1, 0.15) is 24.2 Å². The van der Waals surface area contributed by atoms with Crippen LogP contribution in [0.3, 0.4) is 0 Å². The summed E-state index contributed by atoms with van der Waals surface area (Å²) < 4.78 is 0. The molecule has 1 rings (SSSR count). The van der Waals surface area contributed by atoms with Crippen molar-refractivity contribution in [3.63, 3.8) is 0 Å². The van der Waals surface area contributed by atoms with E-state index >= 15 is 0 Å². The predicted molar refractivity (Wildman–Crippen MR) is 74.4 cm³/mol. The van der Waals surface area contributed by atoms with Gasteiger partial charge in [0, 0.05) is 17.8 Å². The first-order chi connectivity index (χ1) is 9.02. The quantitative estimate of drug-likeness (QED) is 0.444. The number of hydrazine groups is 1. The zero-order valence-corrected chi connectivity index (χ0v) is 11.2. The molecule has 5 N–H and O–H groups in total. The molecule has 0 saturated heterocycles. The molecule has 0 bridgehead atoms. The van der Waals surface area contributed by atoms with Crippen molar-refractivity contribution < 1.29 is 9.59 Å². The fourth-order valence-electron chi connectivity index (χ4n) is 1.36. The van der Waals surface area contributed by atoms with Crippen molar-refractivity contribution in [3.8, 4) is 0 Å². The van der Waals surface area contributed by atoms with Gasteiger partial charge in [-0.1, -0.05) is 13.8 Å². The summed E-state index contributed by atoms with van der Waals surface area (Å²) in [5.41, 5.74) is 3.67. The maximum absolute atomic E-state index is 11.7. The maximum atomic E-state index is 11.7. The van der Waals surface area contributed by atoms with Crippen LogP contribution >= 0.6 is 0 Å². The van der Waals surface area contributed by atoms with Gasteiger partial charge in [0.15, 0.2) is 0 Å². The molecule has 0 atom stereocenters. The molecule has 0 saturated carbocycles. The first kappa shape index (κ1) is 15.0. The number of carbonyl (C=O) groups is 2. The van der Waals surface area contributed by atoms with Gasteiger partial charge in [-0.3, -0.25) is 15.4 Å². The summed E-state index contributed by atoms with van der Waals surface area (Å²) in [4.78, 5) is 23.2. The zero-order valence-electron chi connectivity index (χ0n) is 11.2. The second-order valence-electron chi connectivity index (χ2n) is 4.60. The molecule has 0 spiro atoms. The minimum absolute atomic E-state index is 0.0254. The minimum Gasteiger partial charge on any atom is -0.354 e. The molecule has 0 aromatic heterocycles. The highest BCUT2D eigenvalue weighted by Crippen LogP contribution is 2.07. The number of hydrogen-bond acceptors (Lipinski definition) is 4. The Bertz CT molecular complexity index is 429. The Balaban J connectivity index is 2.40. The number of rotatable bonds is 6. The van der Waals surface area contributed by atoms with Gasteiger partial charge >= 0.3 is 0 Å². The van der Waals surface area contributed by atoms with Gasteiger partial charge in [-0.15, -0.1) is 0 Å². The number of benzene rings is 1. The summed E-state index contributed by atoms with van der Waals surface area (Å²) >= 11 is 0. The summed E-state index contributed by atoms with van der Waals surface area (Å²) in [5, 5.41) is 5.28. The van der Waals surface area contributed by atoms with Crippen molar-refractivity contribution in [1.82, 2.24) is 10.6 Å². The third-order valence-electron chi connectivity index (χ3n) is 2.43. The molecule has 0 unspecified atom stereocenters. The largest absolute Gasteiger partial charge is 0.354 e. The molecular weight excluding hydrogens is 244 g/mol. The van der Waals surface area contributed by atoms with Gasteiger partial charge in [-0.25, -0.2) is 0 Å². The second-order valence-corrected chi connectivity index (χ2v) is 4.60. The van der Waals surface area contributed by atoms with Crippen LogP contribution in [0.15, 0.2) is 24.3 Å². The van der Waals surface area contributed by atoms with Crippen LogP contribution in [0.4, 0.5) is 5.69 Å². The van der Waals surface area contributed by atoms with E-state index in [1.807, 2.05) is 13.8 Å². The normalized spacial score (nSPS) is 10.1. The number of amides is 2. The Morgan fingerprint density at radius 2 is 1.79 bits per heavy atom. The molecule has 1 aromatic rings. The van der Waals surface area contributed by atoms with Crippen molar-refractivity contribution in [2.75, 3.05) is 18.5 Å². The minimum atomic E-state index is -0.289. The highest BCUT2D eigenvalue weighted by Gasteiger charge is 2.08. The van der Waals surface area contributed by atoms with Crippen molar-refractivity contribution >= 4 is 17.5 Å². The van der Waals surface area contributed by atoms with E-state index in [1.54, 1.807) is 24.3 Å². The van der Waals surface area contributed by atoms with Gasteiger partial charge < -0.3 is 16.1 Å². The van der Waals surface area contributed by atoms with E-state index in [-0.39, 0.29) is 18.4 Å². The summed E-state index contributed by atoms with van der Waals surface area (Å²) in [6.07, 6.45) is 0. The monoisotopic (exact) mass is 264 g/mol. The smallest absolute Gasteiger partial charge is 0.251 e. The van der Waals surface area contributed by atoms with Crippen molar-refractivity contribution in [2.45, 2.75) is 13.8 Å². The molecular formula is C13H20N4O2. The van der Waals surface area contributed by atoms with Crippen LogP contribution in [-0.4, -0.2) is 24.9 Å².